The fourth-order valence-corrected chi connectivity index (χ4v) is 2.78. The van der Waals surface area contributed by atoms with E-state index in [1.807, 2.05) is 0 Å². The van der Waals surface area contributed by atoms with E-state index in [0.29, 0.717) is 5.92 Å². The molecule has 2 atom stereocenters. The van der Waals surface area contributed by atoms with Gasteiger partial charge in [-0.1, -0.05) is 27.2 Å². The average molecular weight is 290 g/mol. The SMILES string of the molecule is CC(C)(C)[C@H]1CCC[C@@H](NC(=O)N(CCCl)N=O)C1. The van der Waals surface area contributed by atoms with Crippen molar-refractivity contribution in [3.05, 3.63) is 4.91 Å². The van der Waals surface area contributed by atoms with Crippen LogP contribution in [-0.2, 0) is 0 Å². The summed E-state index contributed by atoms with van der Waals surface area (Å²) >= 11 is 5.52. The van der Waals surface area contributed by atoms with Crippen LogP contribution in [0.5, 0.6) is 0 Å². The van der Waals surface area contributed by atoms with Crippen LogP contribution in [0.15, 0.2) is 5.29 Å². The molecule has 0 aromatic heterocycles. The molecule has 1 aliphatic carbocycles. The fourth-order valence-electron chi connectivity index (χ4n) is 2.62. The molecule has 0 aliphatic heterocycles. The topological polar surface area (TPSA) is 61.8 Å². The van der Waals surface area contributed by atoms with Gasteiger partial charge in [0.1, 0.15) is 0 Å². The number of nitroso groups, excluding NO2 is 1. The normalized spacial score (nSPS) is 23.8. The number of rotatable bonds is 4. The summed E-state index contributed by atoms with van der Waals surface area (Å²) in [4.78, 5) is 22.4. The second-order valence-corrected chi connectivity index (χ2v) is 6.65. The minimum absolute atomic E-state index is 0.130. The van der Waals surface area contributed by atoms with Crippen molar-refractivity contribution in [3.8, 4) is 0 Å². The van der Waals surface area contributed by atoms with Crippen LogP contribution in [0.2, 0.25) is 0 Å². The van der Waals surface area contributed by atoms with Gasteiger partial charge in [-0.25, -0.2) is 4.79 Å². The van der Waals surface area contributed by atoms with Gasteiger partial charge in [-0.05, 0) is 30.6 Å². The Morgan fingerprint density at radius 1 is 1.42 bits per heavy atom. The Kier molecular flexibility index (Phi) is 6.04. The number of hydrogen-bond acceptors (Lipinski definition) is 3. The molecule has 0 aromatic rings. The third-order valence-electron chi connectivity index (χ3n) is 3.86. The number of urea groups is 1. The zero-order valence-electron chi connectivity index (χ0n) is 12.0. The number of carbonyl (C=O) groups is 1. The lowest BCUT2D eigenvalue weighted by Gasteiger charge is -2.38. The number of alkyl halides is 1. The Balaban J connectivity index is 2.52. The molecule has 1 aliphatic rings. The van der Waals surface area contributed by atoms with E-state index in [0.717, 1.165) is 24.3 Å². The molecule has 6 heteroatoms. The van der Waals surface area contributed by atoms with Gasteiger partial charge in [-0.3, -0.25) is 0 Å². The van der Waals surface area contributed by atoms with Crippen LogP contribution < -0.4 is 5.32 Å². The number of nitrogens with zero attached hydrogens (tertiary/aromatic N) is 2. The summed E-state index contributed by atoms with van der Waals surface area (Å²) in [7, 11) is 0. The van der Waals surface area contributed by atoms with Gasteiger partial charge in [0.2, 0.25) is 0 Å². The first-order valence-corrected chi connectivity index (χ1v) is 7.39. The molecule has 1 saturated carbocycles. The van der Waals surface area contributed by atoms with Gasteiger partial charge in [0, 0.05) is 11.9 Å². The first-order valence-electron chi connectivity index (χ1n) is 6.85. The van der Waals surface area contributed by atoms with Crippen molar-refractivity contribution in [1.82, 2.24) is 10.3 Å². The molecule has 0 spiro atoms. The van der Waals surface area contributed by atoms with E-state index in [1.165, 1.54) is 6.42 Å². The molecule has 110 valence electrons. The third-order valence-corrected chi connectivity index (χ3v) is 4.02. The van der Waals surface area contributed by atoms with E-state index in [9.17, 15) is 9.70 Å². The van der Waals surface area contributed by atoms with Crippen LogP contribution >= 0.6 is 11.6 Å². The first-order chi connectivity index (χ1) is 8.88. The molecule has 1 rings (SSSR count). The second-order valence-electron chi connectivity index (χ2n) is 6.27. The Morgan fingerprint density at radius 3 is 2.63 bits per heavy atom. The minimum atomic E-state index is -0.435. The fraction of sp³-hybridized carbons (Fsp3) is 0.923. The van der Waals surface area contributed by atoms with Crippen LogP contribution in [0.4, 0.5) is 4.79 Å². The van der Waals surface area contributed by atoms with Crippen molar-refractivity contribution in [2.24, 2.45) is 16.6 Å². The van der Waals surface area contributed by atoms with Crippen molar-refractivity contribution in [1.29, 1.82) is 0 Å². The molecule has 2 amide bonds. The Hall–Kier alpha value is -0.840. The minimum Gasteiger partial charge on any atom is -0.334 e. The highest BCUT2D eigenvalue weighted by molar-refractivity contribution is 6.18. The molecule has 0 aromatic carbocycles. The van der Waals surface area contributed by atoms with Crippen LogP contribution in [0.3, 0.4) is 0 Å². The lowest BCUT2D eigenvalue weighted by Crippen LogP contribution is -2.46. The molecule has 0 heterocycles. The van der Waals surface area contributed by atoms with Crippen molar-refractivity contribution < 1.29 is 4.79 Å². The van der Waals surface area contributed by atoms with Crippen molar-refractivity contribution in [3.63, 3.8) is 0 Å². The van der Waals surface area contributed by atoms with Gasteiger partial charge in [-0.2, -0.15) is 5.01 Å². The van der Waals surface area contributed by atoms with Crippen LogP contribution in [-0.4, -0.2) is 29.5 Å². The molecule has 1 fully saturated rings. The molecule has 0 bridgehead atoms. The van der Waals surface area contributed by atoms with Gasteiger partial charge in [-0.15, -0.1) is 16.5 Å². The summed E-state index contributed by atoms with van der Waals surface area (Å²) in [5.41, 5.74) is 0.252. The van der Waals surface area contributed by atoms with Gasteiger partial charge >= 0.3 is 6.03 Å². The van der Waals surface area contributed by atoms with E-state index in [2.05, 4.69) is 31.4 Å². The number of nitrogens with one attached hydrogen (secondary N) is 1. The summed E-state index contributed by atoms with van der Waals surface area (Å²) in [5, 5.41) is 6.44. The third kappa shape index (κ3) is 4.97. The maximum absolute atomic E-state index is 11.9. The average Bonchev–Trinajstić information content (AvgIpc) is 2.35. The number of amides is 2. The van der Waals surface area contributed by atoms with E-state index < -0.39 is 6.03 Å². The van der Waals surface area contributed by atoms with Gasteiger partial charge in [0.25, 0.3) is 0 Å². The van der Waals surface area contributed by atoms with Crippen molar-refractivity contribution in [2.75, 3.05) is 12.4 Å². The standard InChI is InChI=1S/C13H24ClN3O2/c1-13(2,3)10-5-4-6-11(9-10)15-12(18)17(16-19)8-7-14/h10-11H,4-9H2,1-3H3,(H,15,18)/t10-,11+/m0/s1. The molecule has 0 radical (unpaired) electrons. The maximum atomic E-state index is 11.9. The first kappa shape index (κ1) is 16.2. The zero-order valence-corrected chi connectivity index (χ0v) is 12.7. The molecular weight excluding hydrogens is 266 g/mol. The summed E-state index contributed by atoms with van der Waals surface area (Å²) in [6.45, 7) is 6.84. The van der Waals surface area contributed by atoms with Gasteiger partial charge in [0.05, 0.1) is 11.8 Å². The van der Waals surface area contributed by atoms with E-state index in [4.69, 9.17) is 11.6 Å². The summed E-state index contributed by atoms with van der Waals surface area (Å²) in [5.74, 6) is 0.797. The number of carbonyl (C=O) groups excluding carboxylic acids is 1. The molecular formula is C13H24ClN3O2. The van der Waals surface area contributed by atoms with Crippen LogP contribution in [0.1, 0.15) is 46.5 Å². The van der Waals surface area contributed by atoms with Crippen molar-refractivity contribution >= 4 is 17.6 Å². The smallest absolute Gasteiger partial charge is 0.334 e. The lowest BCUT2D eigenvalue weighted by molar-refractivity contribution is 0.147. The monoisotopic (exact) mass is 289 g/mol. The Labute approximate surface area is 120 Å². The van der Waals surface area contributed by atoms with Gasteiger partial charge < -0.3 is 5.32 Å². The highest BCUT2D eigenvalue weighted by Crippen LogP contribution is 2.37. The molecule has 1 N–H and O–H groups in total. The molecule has 0 saturated heterocycles. The van der Waals surface area contributed by atoms with Crippen molar-refractivity contribution in [2.45, 2.75) is 52.5 Å². The predicted molar refractivity (Wildman–Crippen MR) is 77.0 cm³/mol. The lowest BCUT2D eigenvalue weighted by atomic mass is 9.71. The largest absolute Gasteiger partial charge is 0.340 e. The van der Waals surface area contributed by atoms with E-state index >= 15 is 0 Å². The Bertz CT molecular complexity index is 318. The molecule has 19 heavy (non-hydrogen) atoms. The predicted octanol–water partition coefficient (Wildman–Crippen LogP) is 3.52. The summed E-state index contributed by atoms with van der Waals surface area (Å²) < 4.78 is 0. The zero-order chi connectivity index (χ0) is 14.5. The highest BCUT2D eigenvalue weighted by Gasteiger charge is 2.31. The maximum Gasteiger partial charge on any atom is 0.340 e. The highest BCUT2D eigenvalue weighted by atomic mass is 35.5. The number of hydrogen-bond donors (Lipinski definition) is 1. The number of halogens is 1. The molecule has 5 nitrogen and oxygen atoms in total. The summed E-state index contributed by atoms with van der Waals surface area (Å²) in [6.07, 6.45) is 4.23. The van der Waals surface area contributed by atoms with Crippen LogP contribution in [0, 0.1) is 16.2 Å². The van der Waals surface area contributed by atoms with E-state index in [-0.39, 0.29) is 23.9 Å². The Morgan fingerprint density at radius 2 is 2.11 bits per heavy atom. The second kappa shape index (κ2) is 7.08. The van der Waals surface area contributed by atoms with Gasteiger partial charge in [0.15, 0.2) is 0 Å². The molecule has 0 unspecified atom stereocenters. The van der Waals surface area contributed by atoms with Crippen LogP contribution in [0.25, 0.3) is 0 Å². The quantitative estimate of drug-likeness (QED) is 0.489. The summed E-state index contributed by atoms with van der Waals surface area (Å²) in [6, 6.07) is -0.305. The van der Waals surface area contributed by atoms with E-state index in [1.54, 1.807) is 0 Å².